The van der Waals surface area contributed by atoms with Crippen LogP contribution in [0.25, 0.3) is 0 Å². The van der Waals surface area contributed by atoms with Gasteiger partial charge in [-0.3, -0.25) is 9.69 Å². The third-order valence-electron chi connectivity index (χ3n) is 5.00. The minimum atomic E-state index is -1.82. The van der Waals surface area contributed by atoms with Crippen LogP contribution in [0.3, 0.4) is 0 Å². The van der Waals surface area contributed by atoms with E-state index < -0.39 is 11.9 Å². The van der Waals surface area contributed by atoms with Crippen molar-refractivity contribution in [1.29, 1.82) is 0 Å². The van der Waals surface area contributed by atoms with Crippen LogP contribution in [0.15, 0.2) is 24.3 Å². The van der Waals surface area contributed by atoms with E-state index in [1.165, 1.54) is 12.5 Å². The van der Waals surface area contributed by atoms with Crippen molar-refractivity contribution in [3.63, 3.8) is 0 Å². The lowest BCUT2D eigenvalue weighted by Gasteiger charge is -2.36. The lowest BCUT2D eigenvalue weighted by Crippen LogP contribution is -2.46. The highest BCUT2D eigenvalue weighted by Gasteiger charge is 2.29. The molecular formula is C20H27FN2O5. The SMILES string of the molecule is O=C(C1CCCN(Cc2cccc(F)c2)C1)N1CCCCC1.O=C(O)C(=O)O. The molecule has 2 saturated heterocycles. The van der Waals surface area contributed by atoms with Gasteiger partial charge >= 0.3 is 11.9 Å². The van der Waals surface area contributed by atoms with E-state index in [9.17, 15) is 9.18 Å². The van der Waals surface area contributed by atoms with E-state index in [1.807, 2.05) is 6.07 Å². The molecule has 1 atom stereocenters. The molecule has 1 aromatic carbocycles. The Morgan fingerprint density at radius 1 is 1.00 bits per heavy atom. The molecule has 2 N–H and O–H groups in total. The number of aliphatic carboxylic acids is 2. The smallest absolute Gasteiger partial charge is 0.414 e. The molecule has 0 radical (unpaired) electrons. The first kappa shape index (κ1) is 21.8. The number of carboxylic acid groups (broad SMARTS) is 2. The molecule has 7 nitrogen and oxygen atoms in total. The number of carbonyl (C=O) groups is 3. The number of hydrogen-bond donors (Lipinski definition) is 2. The van der Waals surface area contributed by atoms with Gasteiger partial charge in [-0.2, -0.15) is 0 Å². The Morgan fingerprint density at radius 2 is 1.68 bits per heavy atom. The van der Waals surface area contributed by atoms with Gasteiger partial charge in [-0.15, -0.1) is 0 Å². The molecule has 28 heavy (non-hydrogen) atoms. The van der Waals surface area contributed by atoms with Gasteiger partial charge in [0.15, 0.2) is 0 Å². The fraction of sp³-hybridized carbons (Fsp3) is 0.550. The monoisotopic (exact) mass is 394 g/mol. The summed E-state index contributed by atoms with van der Waals surface area (Å²) in [6.07, 6.45) is 5.59. The maximum absolute atomic E-state index is 13.3. The Kier molecular flexibility index (Phi) is 8.38. The first-order chi connectivity index (χ1) is 13.4. The van der Waals surface area contributed by atoms with Crippen LogP contribution in [0, 0.1) is 11.7 Å². The molecule has 1 aromatic rings. The molecule has 2 fully saturated rings. The molecule has 0 spiro atoms. The largest absolute Gasteiger partial charge is 0.473 e. The quantitative estimate of drug-likeness (QED) is 0.763. The molecule has 1 amide bonds. The Labute approximate surface area is 163 Å². The van der Waals surface area contributed by atoms with Crippen molar-refractivity contribution < 1.29 is 29.0 Å². The molecule has 2 aliphatic heterocycles. The number of nitrogens with zero attached hydrogens (tertiary/aromatic N) is 2. The lowest BCUT2D eigenvalue weighted by molar-refractivity contribution is -0.159. The summed E-state index contributed by atoms with van der Waals surface area (Å²) in [5, 5.41) is 14.8. The molecule has 2 aliphatic rings. The molecule has 0 saturated carbocycles. The van der Waals surface area contributed by atoms with Gasteiger partial charge in [0.1, 0.15) is 5.82 Å². The summed E-state index contributed by atoms with van der Waals surface area (Å²) in [6, 6.07) is 6.78. The fourth-order valence-corrected chi connectivity index (χ4v) is 3.67. The second-order valence-corrected chi connectivity index (χ2v) is 7.20. The van der Waals surface area contributed by atoms with E-state index in [0.717, 1.165) is 64.0 Å². The van der Waals surface area contributed by atoms with E-state index in [0.29, 0.717) is 5.91 Å². The zero-order valence-electron chi connectivity index (χ0n) is 15.8. The van der Waals surface area contributed by atoms with Crippen LogP contribution < -0.4 is 0 Å². The third kappa shape index (κ3) is 6.92. The van der Waals surface area contributed by atoms with Crippen LogP contribution in [0.2, 0.25) is 0 Å². The molecular weight excluding hydrogens is 367 g/mol. The van der Waals surface area contributed by atoms with Crippen LogP contribution in [-0.4, -0.2) is 64.0 Å². The van der Waals surface area contributed by atoms with Gasteiger partial charge in [-0.1, -0.05) is 12.1 Å². The maximum Gasteiger partial charge on any atom is 0.414 e. The second-order valence-electron chi connectivity index (χ2n) is 7.20. The molecule has 8 heteroatoms. The minimum Gasteiger partial charge on any atom is -0.473 e. The molecule has 0 bridgehead atoms. The summed E-state index contributed by atoms with van der Waals surface area (Å²) in [5.41, 5.74) is 0.992. The van der Waals surface area contributed by atoms with Crippen molar-refractivity contribution in [2.45, 2.75) is 38.6 Å². The predicted octanol–water partition coefficient (Wildman–Crippen LogP) is 2.21. The van der Waals surface area contributed by atoms with Gasteiger partial charge in [0.05, 0.1) is 5.92 Å². The van der Waals surface area contributed by atoms with Crippen molar-refractivity contribution >= 4 is 17.8 Å². The van der Waals surface area contributed by atoms with E-state index in [-0.39, 0.29) is 11.7 Å². The van der Waals surface area contributed by atoms with Gasteiger partial charge in [0, 0.05) is 26.2 Å². The summed E-state index contributed by atoms with van der Waals surface area (Å²) in [4.78, 5) is 35.2. The summed E-state index contributed by atoms with van der Waals surface area (Å²) in [5.74, 6) is -3.37. The summed E-state index contributed by atoms with van der Waals surface area (Å²) in [7, 11) is 0. The summed E-state index contributed by atoms with van der Waals surface area (Å²) >= 11 is 0. The number of carbonyl (C=O) groups excluding carboxylic acids is 1. The van der Waals surface area contributed by atoms with Crippen molar-refractivity contribution in [3.8, 4) is 0 Å². The van der Waals surface area contributed by atoms with Crippen LogP contribution in [0.5, 0.6) is 0 Å². The van der Waals surface area contributed by atoms with Crippen molar-refractivity contribution in [2.75, 3.05) is 26.2 Å². The van der Waals surface area contributed by atoms with E-state index in [4.69, 9.17) is 19.8 Å². The Hall–Kier alpha value is -2.48. The number of amides is 1. The lowest BCUT2D eigenvalue weighted by atomic mass is 9.95. The normalized spacial score (nSPS) is 20.0. The Bertz CT molecular complexity index is 679. The highest BCUT2D eigenvalue weighted by Crippen LogP contribution is 2.22. The van der Waals surface area contributed by atoms with E-state index in [1.54, 1.807) is 12.1 Å². The van der Waals surface area contributed by atoms with Gasteiger partial charge < -0.3 is 15.1 Å². The minimum absolute atomic E-state index is 0.125. The Morgan fingerprint density at radius 3 is 2.29 bits per heavy atom. The van der Waals surface area contributed by atoms with Gasteiger partial charge in [0.2, 0.25) is 5.91 Å². The van der Waals surface area contributed by atoms with Gasteiger partial charge in [0.25, 0.3) is 0 Å². The van der Waals surface area contributed by atoms with Gasteiger partial charge in [-0.05, 0) is 56.3 Å². The highest BCUT2D eigenvalue weighted by molar-refractivity contribution is 6.27. The molecule has 1 unspecified atom stereocenters. The van der Waals surface area contributed by atoms with Crippen LogP contribution in [-0.2, 0) is 20.9 Å². The van der Waals surface area contributed by atoms with E-state index in [2.05, 4.69) is 9.80 Å². The predicted molar refractivity (Wildman–Crippen MR) is 100 cm³/mol. The standard InChI is InChI=1S/C18H25FN2O.C2H2O4/c19-17-8-4-6-15(12-17)13-20-9-5-7-16(14-20)18(22)21-10-2-1-3-11-21;3-1(4)2(5)6/h4,6,8,12,16H,1-3,5,7,9-11,13-14H2;(H,3,4)(H,5,6). The molecule has 0 aromatic heterocycles. The van der Waals surface area contributed by atoms with Crippen molar-refractivity contribution in [3.05, 3.63) is 35.6 Å². The number of piperidine rings is 2. The Balaban J connectivity index is 0.000000409. The van der Waals surface area contributed by atoms with Crippen molar-refractivity contribution in [2.24, 2.45) is 5.92 Å². The molecule has 154 valence electrons. The summed E-state index contributed by atoms with van der Waals surface area (Å²) in [6.45, 7) is 4.41. The number of likely N-dealkylation sites (tertiary alicyclic amines) is 2. The number of carboxylic acids is 2. The first-order valence-corrected chi connectivity index (χ1v) is 9.58. The zero-order chi connectivity index (χ0) is 20.5. The highest BCUT2D eigenvalue weighted by atomic mass is 19.1. The number of rotatable bonds is 3. The zero-order valence-corrected chi connectivity index (χ0v) is 15.8. The van der Waals surface area contributed by atoms with Crippen molar-refractivity contribution in [1.82, 2.24) is 9.80 Å². The van der Waals surface area contributed by atoms with Crippen LogP contribution in [0.4, 0.5) is 4.39 Å². The summed E-state index contributed by atoms with van der Waals surface area (Å²) < 4.78 is 13.3. The average molecular weight is 394 g/mol. The maximum atomic E-state index is 13.3. The number of benzene rings is 1. The topological polar surface area (TPSA) is 98.2 Å². The molecule has 2 heterocycles. The van der Waals surface area contributed by atoms with Crippen LogP contribution >= 0.6 is 0 Å². The molecule has 3 rings (SSSR count). The molecule has 0 aliphatic carbocycles. The van der Waals surface area contributed by atoms with E-state index >= 15 is 0 Å². The van der Waals surface area contributed by atoms with Crippen LogP contribution in [0.1, 0.15) is 37.7 Å². The number of halogens is 1. The first-order valence-electron chi connectivity index (χ1n) is 9.58. The third-order valence-corrected chi connectivity index (χ3v) is 5.00. The fourth-order valence-electron chi connectivity index (χ4n) is 3.67. The number of hydrogen-bond acceptors (Lipinski definition) is 4. The average Bonchev–Trinajstić information content (AvgIpc) is 2.69. The van der Waals surface area contributed by atoms with Gasteiger partial charge in [-0.25, -0.2) is 14.0 Å². The second kappa shape index (κ2) is 10.8.